The Morgan fingerprint density at radius 1 is 1.56 bits per heavy atom. The number of hydrogen-bond acceptors (Lipinski definition) is 3. The molecule has 0 radical (unpaired) electrons. The largest absolute Gasteiger partial charge is 0.496 e. The first-order valence-electron chi connectivity index (χ1n) is 5.56. The van der Waals surface area contributed by atoms with Gasteiger partial charge in [-0.05, 0) is 47.1 Å². The van der Waals surface area contributed by atoms with Crippen LogP contribution in [0.5, 0.6) is 5.75 Å². The van der Waals surface area contributed by atoms with Gasteiger partial charge < -0.3 is 15.4 Å². The van der Waals surface area contributed by atoms with Crippen molar-refractivity contribution in [2.75, 3.05) is 25.5 Å². The Hall–Kier alpha value is -0.780. The lowest BCUT2D eigenvalue weighted by Crippen LogP contribution is -2.24. The predicted octanol–water partition coefficient (Wildman–Crippen LogP) is 2.43. The van der Waals surface area contributed by atoms with Gasteiger partial charge in [0.2, 0.25) is 5.91 Å². The van der Waals surface area contributed by atoms with Crippen LogP contribution in [0.4, 0.5) is 5.69 Å². The molecule has 2 rings (SSSR count). The van der Waals surface area contributed by atoms with Crippen LogP contribution in [-0.4, -0.2) is 26.1 Å². The van der Waals surface area contributed by atoms with Crippen LogP contribution in [0.15, 0.2) is 22.7 Å². The molecular weight excluding hydrogens is 320 g/mol. The number of anilines is 1. The molecular formula is C12H16BrClN2O2. The van der Waals surface area contributed by atoms with Gasteiger partial charge in [-0.25, -0.2) is 0 Å². The van der Waals surface area contributed by atoms with Crippen LogP contribution in [0, 0.1) is 5.92 Å². The molecule has 1 aromatic rings. The van der Waals surface area contributed by atoms with Gasteiger partial charge in [0.15, 0.2) is 0 Å². The third-order valence-electron chi connectivity index (χ3n) is 2.85. The Balaban J connectivity index is 0.00000162. The molecule has 100 valence electrons. The van der Waals surface area contributed by atoms with Crippen LogP contribution >= 0.6 is 28.3 Å². The van der Waals surface area contributed by atoms with Gasteiger partial charge in [0.25, 0.3) is 0 Å². The first kappa shape index (κ1) is 15.3. The molecule has 6 heteroatoms. The van der Waals surface area contributed by atoms with E-state index in [1.165, 1.54) is 0 Å². The fourth-order valence-electron chi connectivity index (χ4n) is 1.87. The number of rotatable bonds is 3. The molecule has 0 aliphatic carbocycles. The Morgan fingerprint density at radius 2 is 2.33 bits per heavy atom. The number of ether oxygens (including phenoxy) is 1. The first-order valence-corrected chi connectivity index (χ1v) is 6.35. The number of hydrogen-bond donors (Lipinski definition) is 2. The molecule has 1 atom stereocenters. The van der Waals surface area contributed by atoms with Crippen LogP contribution in [0.3, 0.4) is 0 Å². The summed E-state index contributed by atoms with van der Waals surface area (Å²) in [6.07, 6.45) is 0.906. The molecule has 1 aliphatic heterocycles. The topological polar surface area (TPSA) is 50.4 Å². The van der Waals surface area contributed by atoms with Gasteiger partial charge in [-0.2, -0.15) is 0 Å². The maximum atomic E-state index is 11.9. The minimum absolute atomic E-state index is 0. The van der Waals surface area contributed by atoms with Gasteiger partial charge in [0.1, 0.15) is 5.75 Å². The van der Waals surface area contributed by atoms with Gasteiger partial charge >= 0.3 is 0 Å². The lowest BCUT2D eigenvalue weighted by Gasteiger charge is -2.11. The Labute approximate surface area is 121 Å². The van der Waals surface area contributed by atoms with Gasteiger partial charge in [0, 0.05) is 12.2 Å². The Bertz CT molecular complexity index is 423. The normalized spacial score (nSPS) is 18.0. The van der Waals surface area contributed by atoms with E-state index in [4.69, 9.17) is 4.74 Å². The molecule has 1 amide bonds. The van der Waals surface area contributed by atoms with Crippen LogP contribution in [0.1, 0.15) is 6.42 Å². The van der Waals surface area contributed by atoms with Crippen molar-refractivity contribution in [3.63, 3.8) is 0 Å². The molecule has 2 N–H and O–H groups in total. The minimum Gasteiger partial charge on any atom is -0.496 e. The lowest BCUT2D eigenvalue weighted by molar-refractivity contribution is -0.119. The molecule has 1 unspecified atom stereocenters. The zero-order valence-electron chi connectivity index (χ0n) is 10.0. The van der Waals surface area contributed by atoms with E-state index in [9.17, 15) is 4.79 Å². The molecule has 0 bridgehead atoms. The number of halogens is 2. The van der Waals surface area contributed by atoms with Crippen molar-refractivity contribution in [3.05, 3.63) is 22.7 Å². The summed E-state index contributed by atoms with van der Waals surface area (Å²) in [6.45, 7) is 1.69. The summed E-state index contributed by atoms with van der Waals surface area (Å²) in [5, 5.41) is 6.09. The summed E-state index contributed by atoms with van der Waals surface area (Å²) < 4.78 is 5.97. The second-order valence-electron chi connectivity index (χ2n) is 4.03. The van der Waals surface area contributed by atoms with Crippen LogP contribution in [-0.2, 0) is 4.79 Å². The summed E-state index contributed by atoms with van der Waals surface area (Å²) in [6, 6.07) is 5.51. The van der Waals surface area contributed by atoms with E-state index >= 15 is 0 Å². The summed E-state index contributed by atoms with van der Waals surface area (Å²) in [4.78, 5) is 11.9. The summed E-state index contributed by atoms with van der Waals surface area (Å²) in [5.74, 6) is 0.911. The van der Waals surface area contributed by atoms with Gasteiger partial charge in [-0.3, -0.25) is 4.79 Å². The second-order valence-corrected chi connectivity index (χ2v) is 4.88. The number of amides is 1. The molecule has 18 heavy (non-hydrogen) atoms. The van der Waals surface area contributed by atoms with Crippen molar-refractivity contribution in [3.8, 4) is 5.75 Å². The number of nitrogens with one attached hydrogen (secondary N) is 2. The summed E-state index contributed by atoms with van der Waals surface area (Å²) in [7, 11) is 1.61. The van der Waals surface area contributed by atoms with E-state index in [0.29, 0.717) is 0 Å². The van der Waals surface area contributed by atoms with Crippen molar-refractivity contribution in [2.24, 2.45) is 5.92 Å². The molecule has 1 heterocycles. The smallest absolute Gasteiger partial charge is 0.228 e. The zero-order valence-corrected chi connectivity index (χ0v) is 12.4. The zero-order chi connectivity index (χ0) is 12.3. The summed E-state index contributed by atoms with van der Waals surface area (Å²) >= 11 is 3.39. The van der Waals surface area contributed by atoms with Gasteiger partial charge in [-0.15, -0.1) is 12.4 Å². The highest BCUT2D eigenvalue weighted by Gasteiger charge is 2.22. The molecule has 1 saturated heterocycles. The average Bonchev–Trinajstić information content (AvgIpc) is 2.82. The van der Waals surface area contributed by atoms with Crippen molar-refractivity contribution in [1.29, 1.82) is 0 Å². The van der Waals surface area contributed by atoms with E-state index in [1.54, 1.807) is 7.11 Å². The van der Waals surface area contributed by atoms with Crippen LogP contribution in [0.25, 0.3) is 0 Å². The molecule has 0 saturated carbocycles. The van der Waals surface area contributed by atoms with E-state index in [-0.39, 0.29) is 24.2 Å². The standard InChI is InChI=1S/C12H15BrN2O2.ClH/c1-17-11-3-2-9(6-10(11)13)15-12(16)8-4-5-14-7-8;/h2-3,6,8,14H,4-5,7H2,1H3,(H,15,16);1H. The highest BCUT2D eigenvalue weighted by molar-refractivity contribution is 9.10. The van der Waals surface area contributed by atoms with Crippen molar-refractivity contribution in [2.45, 2.75) is 6.42 Å². The van der Waals surface area contributed by atoms with Crippen molar-refractivity contribution in [1.82, 2.24) is 5.32 Å². The molecule has 0 spiro atoms. The van der Waals surface area contributed by atoms with E-state index in [2.05, 4.69) is 26.6 Å². The third-order valence-corrected chi connectivity index (χ3v) is 3.47. The second kappa shape index (κ2) is 6.97. The maximum Gasteiger partial charge on any atom is 0.228 e. The Kier molecular flexibility index (Phi) is 5.91. The molecule has 1 aromatic carbocycles. The fourth-order valence-corrected chi connectivity index (χ4v) is 2.41. The van der Waals surface area contributed by atoms with E-state index in [0.717, 1.165) is 35.4 Å². The van der Waals surface area contributed by atoms with E-state index < -0.39 is 0 Å². The van der Waals surface area contributed by atoms with Gasteiger partial charge in [-0.1, -0.05) is 0 Å². The fraction of sp³-hybridized carbons (Fsp3) is 0.417. The number of carbonyl (C=O) groups is 1. The lowest BCUT2D eigenvalue weighted by atomic mass is 10.1. The van der Waals surface area contributed by atoms with Crippen LogP contribution in [0.2, 0.25) is 0 Å². The maximum absolute atomic E-state index is 11.9. The first-order chi connectivity index (χ1) is 8.20. The van der Waals surface area contributed by atoms with Crippen molar-refractivity contribution >= 4 is 39.9 Å². The van der Waals surface area contributed by atoms with Crippen molar-refractivity contribution < 1.29 is 9.53 Å². The Morgan fingerprint density at radius 3 is 2.89 bits per heavy atom. The quantitative estimate of drug-likeness (QED) is 0.892. The monoisotopic (exact) mass is 334 g/mol. The molecule has 1 fully saturated rings. The predicted molar refractivity (Wildman–Crippen MR) is 77.5 cm³/mol. The highest BCUT2D eigenvalue weighted by atomic mass is 79.9. The molecule has 1 aliphatic rings. The number of carbonyl (C=O) groups excluding carboxylic acids is 1. The molecule has 0 aromatic heterocycles. The van der Waals surface area contributed by atoms with Gasteiger partial charge in [0.05, 0.1) is 17.5 Å². The van der Waals surface area contributed by atoms with E-state index in [1.807, 2.05) is 18.2 Å². The highest BCUT2D eigenvalue weighted by Crippen LogP contribution is 2.28. The third kappa shape index (κ3) is 3.60. The minimum atomic E-state index is 0. The molecule has 4 nitrogen and oxygen atoms in total. The summed E-state index contributed by atoms with van der Waals surface area (Å²) in [5.41, 5.74) is 0.787. The number of benzene rings is 1. The average molecular weight is 336 g/mol. The SMILES string of the molecule is COc1ccc(NC(=O)C2CCNC2)cc1Br.Cl. The van der Waals surface area contributed by atoms with Crippen LogP contribution < -0.4 is 15.4 Å². The number of methoxy groups -OCH3 is 1.